The lowest BCUT2D eigenvalue weighted by molar-refractivity contribution is 0.0382. The zero-order valence-corrected chi connectivity index (χ0v) is 10.6. The van der Waals surface area contributed by atoms with Crippen LogP contribution in [0.25, 0.3) is 0 Å². The van der Waals surface area contributed by atoms with E-state index >= 15 is 0 Å². The summed E-state index contributed by atoms with van der Waals surface area (Å²) < 4.78 is 7.27. The van der Waals surface area contributed by atoms with E-state index in [2.05, 4.69) is 15.0 Å². The fraction of sp³-hybridized carbons (Fsp3) is 0.833. The Labute approximate surface area is 107 Å². The standard InChI is InChI=1S/C12H20N4O2/c17-10-1-4-16-12(9-10)13-11(14-16)2-3-15-5-7-18-8-6-15/h10,17H,1-9H2. The molecule has 1 atom stereocenters. The van der Waals surface area contributed by atoms with Crippen molar-refractivity contribution in [2.24, 2.45) is 0 Å². The summed E-state index contributed by atoms with van der Waals surface area (Å²) in [6.45, 7) is 5.47. The lowest BCUT2D eigenvalue weighted by atomic mass is 10.1. The first-order valence-corrected chi connectivity index (χ1v) is 6.72. The van der Waals surface area contributed by atoms with E-state index in [-0.39, 0.29) is 6.10 Å². The van der Waals surface area contributed by atoms with Crippen LogP contribution in [0.3, 0.4) is 0 Å². The van der Waals surface area contributed by atoms with Crippen molar-refractivity contribution < 1.29 is 9.84 Å². The van der Waals surface area contributed by atoms with Gasteiger partial charge < -0.3 is 9.84 Å². The number of hydrogen-bond donors (Lipinski definition) is 1. The normalized spacial score (nSPS) is 25.1. The molecule has 2 aliphatic heterocycles. The third-order valence-corrected chi connectivity index (χ3v) is 3.64. The third-order valence-electron chi connectivity index (χ3n) is 3.64. The quantitative estimate of drug-likeness (QED) is 0.783. The lowest BCUT2D eigenvalue weighted by Gasteiger charge is -2.25. The molecule has 0 aliphatic carbocycles. The predicted octanol–water partition coefficient (Wildman–Crippen LogP) is -0.540. The van der Waals surface area contributed by atoms with Gasteiger partial charge in [-0.2, -0.15) is 5.10 Å². The summed E-state index contributed by atoms with van der Waals surface area (Å²) in [7, 11) is 0. The van der Waals surface area contributed by atoms with Crippen molar-refractivity contribution in [3.8, 4) is 0 Å². The van der Waals surface area contributed by atoms with Crippen LogP contribution >= 0.6 is 0 Å². The maximum atomic E-state index is 9.60. The number of fused-ring (bicyclic) bond motifs is 1. The molecule has 0 saturated carbocycles. The van der Waals surface area contributed by atoms with Crippen molar-refractivity contribution in [1.82, 2.24) is 19.7 Å². The van der Waals surface area contributed by atoms with Crippen LogP contribution in [0.5, 0.6) is 0 Å². The molecular weight excluding hydrogens is 232 g/mol. The molecule has 0 bridgehead atoms. The van der Waals surface area contributed by atoms with E-state index < -0.39 is 0 Å². The summed E-state index contributed by atoms with van der Waals surface area (Å²) >= 11 is 0. The Morgan fingerprint density at radius 1 is 1.28 bits per heavy atom. The molecule has 1 N–H and O–H groups in total. The van der Waals surface area contributed by atoms with Crippen LogP contribution in [0.15, 0.2) is 0 Å². The fourth-order valence-corrected chi connectivity index (χ4v) is 2.53. The highest BCUT2D eigenvalue weighted by molar-refractivity contribution is 4.98. The first-order chi connectivity index (χ1) is 8.81. The van der Waals surface area contributed by atoms with Gasteiger partial charge in [0.05, 0.1) is 19.3 Å². The van der Waals surface area contributed by atoms with Gasteiger partial charge in [-0.15, -0.1) is 0 Å². The van der Waals surface area contributed by atoms with Crippen molar-refractivity contribution in [3.63, 3.8) is 0 Å². The highest BCUT2D eigenvalue weighted by atomic mass is 16.5. The molecule has 2 aliphatic rings. The van der Waals surface area contributed by atoms with Gasteiger partial charge in [0.15, 0.2) is 5.82 Å². The monoisotopic (exact) mass is 252 g/mol. The summed E-state index contributed by atoms with van der Waals surface area (Å²) in [6, 6.07) is 0. The Bertz CT molecular complexity index is 401. The average molecular weight is 252 g/mol. The molecule has 100 valence electrons. The first-order valence-electron chi connectivity index (χ1n) is 6.72. The minimum atomic E-state index is -0.242. The van der Waals surface area contributed by atoms with Crippen LogP contribution in [0.1, 0.15) is 18.1 Å². The SMILES string of the molecule is OC1CCn2nc(CCN3CCOCC3)nc2C1. The number of hydrogen-bond acceptors (Lipinski definition) is 5. The Kier molecular flexibility index (Phi) is 3.58. The predicted molar refractivity (Wildman–Crippen MR) is 65.3 cm³/mol. The molecule has 3 rings (SSSR count). The van der Waals surface area contributed by atoms with Gasteiger partial charge in [0.25, 0.3) is 0 Å². The van der Waals surface area contributed by atoms with Crippen molar-refractivity contribution in [3.05, 3.63) is 11.6 Å². The molecule has 1 unspecified atom stereocenters. The second-order valence-corrected chi connectivity index (χ2v) is 5.02. The third kappa shape index (κ3) is 2.71. The van der Waals surface area contributed by atoms with Gasteiger partial charge in [0.2, 0.25) is 0 Å². The molecule has 1 fully saturated rings. The Hall–Kier alpha value is -0.980. The second-order valence-electron chi connectivity index (χ2n) is 5.02. The van der Waals surface area contributed by atoms with Crippen molar-refractivity contribution in [2.75, 3.05) is 32.8 Å². The molecular formula is C12H20N4O2. The largest absolute Gasteiger partial charge is 0.393 e. The molecule has 6 nitrogen and oxygen atoms in total. The Morgan fingerprint density at radius 3 is 2.94 bits per heavy atom. The number of rotatable bonds is 3. The molecule has 6 heteroatoms. The van der Waals surface area contributed by atoms with E-state index in [0.29, 0.717) is 6.42 Å². The Morgan fingerprint density at radius 2 is 2.11 bits per heavy atom. The highest BCUT2D eigenvalue weighted by Crippen LogP contribution is 2.13. The summed E-state index contributed by atoms with van der Waals surface area (Å²) in [4.78, 5) is 6.91. The number of nitrogens with zero attached hydrogens (tertiary/aromatic N) is 4. The van der Waals surface area contributed by atoms with Gasteiger partial charge in [-0.1, -0.05) is 0 Å². The van der Waals surface area contributed by atoms with Crippen LogP contribution in [0.2, 0.25) is 0 Å². The number of aliphatic hydroxyl groups excluding tert-OH is 1. The van der Waals surface area contributed by atoms with E-state index in [9.17, 15) is 5.11 Å². The van der Waals surface area contributed by atoms with Gasteiger partial charge in [-0.05, 0) is 6.42 Å². The number of aliphatic hydroxyl groups is 1. The summed E-state index contributed by atoms with van der Waals surface area (Å²) in [5.74, 6) is 1.84. The zero-order chi connectivity index (χ0) is 12.4. The number of aryl methyl sites for hydroxylation is 1. The van der Waals surface area contributed by atoms with Crippen molar-refractivity contribution >= 4 is 0 Å². The highest BCUT2D eigenvalue weighted by Gasteiger charge is 2.20. The van der Waals surface area contributed by atoms with E-state index in [1.54, 1.807) is 0 Å². The minimum Gasteiger partial charge on any atom is -0.393 e. The van der Waals surface area contributed by atoms with Crippen LogP contribution < -0.4 is 0 Å². The molecule has 1 aromatic heterocycles. The second kappa shape index (κ2) is 5.34. The van der Waals surface area contributed by atoms with Crippen LogP contribution in [0, 0.1) is 0 Å². The summed E-state index contributed by atoms with van der Waals surface area (Å²) in [5, 5.41) is 14.1. The molecule has 0 amide bonds. The minimum absolute atomic E-state index is 0.242. The van der Waals surface area contributed by atoms with Crippen LogP contribution in [-0.2, 0) is 24.1 Å². The van der Waals surface area contributed by atoms with Crippen LogP contribution in [-0.4, -0.2) is 63.7 Å². The van der Waals surface area contributed by atoms with Crippen molar-refractivity contribution in [1.29, 1.82) is 0 Å². The topological polar surface area (TPSA) is 63.4 Å². The van der Waals surface area contributed by atoms with Gasteiger partial charge in [0.1, 0.15) is 5.82 Å². The van der Waals surface area contributed by atoms with E-state index in [1.165, 1.54) is 0 Å². The average Bonchev–Trinajstić information content (AvgIpc) is 2.79. The van der Waals surface area contributed by atoms with E-state index in [0.717, 1.165) is 63.9 Å². The molecule has 1 saturated heterocycles. The fourth-order valence-electron chi connectivity index (χ4n) is 2.53. The van der Waals surface area contributed by atoms with E-state index in [1.807, 2.05) is 4.68 Å². The van der Waals surface area contributed by atoms with Crippen molar-refractivity contribution in [2.45, 2.75) is 31.9 Å². The lowest BCUT2D eigenvalue weighted by Crippen LogP contribution is -2.37. The molecule has 18 heavy (non-hydrogen) atoms. The van der Waals surface area contributed by atoms with Gasteiger partial charge in [0, 0.05) is 39.0 Å². The number of ether oxygens (including phenoxy) is 1. The summed E-state index contributed by atoms with van der Waals surface area (Å²) in [6.07, 6.45) is 2.08. The van der Waals surface area contributed by atoms with Gasteiger partial charge in [-0.25, -0.2) is 9.67 Å². The first kappa shape index (κ1) is 12.1. The zero-order valence-electron chi connectivity index (χ0n) is 10.6. The molecule has 0 aromatic carbocycles. The smallest absolute Gasteiger partial charge is 0.152 e. The van der Waals surface area contributed by atoms with E-state index in [4.69, 9.17) is 4.74 Å². The van der Waals surface area contributed by atoms with Gasteiger partial charge >= 0.3 is 0 Å². The molecule has 1 aromatic rings. The number of morpholine rings is 1. The summed E-state index contributed by atoms with van der Waals surface area (Å²) in [5.41, 5.74) is 0. The Balaban J connectivity index is 1.56. The maximum Gasteiger partial charge on any atom is 0.152 e. The molecule has 0 spiro atoms. The number of aromatic nitrogens is 3. The van der Waals surface area contributed by atoms with Crippen LogP contribution in [0.4, 0.5) is 0 Å². The maximum absolute atomic E-state index is 9.60. The van der Waals surface area contributed by atoms with Gasteiger partial charge in [-0.3, -0.25) is 4.90 Å². The molecule has 0 radical (unpaired) electrons. The molecule has 3 heterocycles.